The fourth-order valence-corrected chi connectivity index (χ4v) is 4.37. The first-order chi connectivity index (χ1) is 15.6. The normalized spacial score (nSPS) is 11.3. The van der Waals surface area contributed by atoms with Gasteiger partial charge in [0.05, 0.1) is 11.0 Å². The topological polar surface area (TPSA) is 95.0 Å². The predicted octanol–water partition coefficient (Wildman–Crippen LogP) is 7.00. The molecule has 2 rings (SSSR count). The molecule has 0 bridgehead atoms. The smallest absolute Gasteiger partial charge is 0.323 e. The van der Waals surface area contributed by atoms with Crippen LogP contribution in [0.1, 0.15) is 110 Å². The van der Waals surface area contributed by atoms with Crippen molar-refractivity contribution in [2.24, 2.45) is 5.73 Å². The molecule has 4 N–H and O–H groups in total. The first-order valence-corrected chi connectivity index (χ1v) is 12.9. The van der Waals surface area contributed by atoms with Crippen molar-refractivity contribution >= 4 is 22.8 Å². The number of nitrogens with two attached hydrogens (primary N) is 1. The Morgan fingerprint density at radius 1 is 0.750 bits per heavy atom. The molecule has 0 unspecified atom stereocenters. The summed E-state index contributed by atoms with van der Waals surface area (Å²) < 4.78 is 0. The van der Waals surface area contributed by atoms with Crippen LogP contribution < -0.4 is 16.3 Å². The number of unbranched alkanes of at least 4 members (excludes halogenated alkanes) is 15. The molecule has 6 heteroatoms. The second-order valence-electron chi connectivity index (χ2n) is 9.10. The van der Waals surface area contributed by atoms with Gasteiger partial charge in [-0.3, -0.25) is 4.90 Å². The Kier molecular flexibility index (Phi) is 12.6. The van der Waals surface area contributed by atoms with E-state index in [0.29, 0.717) is 12.1 Å². The van der Waals surface area contributed by atoms with E-state index < -0.39 is 6.03 Å². The zero-order chi connectivity index (χ0) is 23.0. The molecule has 0 fully saturated rings. The van der Waals surface area contributed by atoms with Gasteiger partial charge in [0, 0.05) is 12.2 Å². The van der Waals surface area contributed by atoms with Crippen LogP contribution in [0.3, 0.4) is 0 Å². The van der Waals surface area contributed by atoms with E-state index in [1.807, 2.05) is 6.07 Å². The van der Waals surface area contributed by atoms with Crippen molar-refractivity contribution < 1.29 is 4.79 Å². The Labute approximate surface area is 193 Å². The van der Waals surface area contributed by atoms with Crippen LogP contribution in [-0.2, 0) is 0 Å². The highest BCUT2D eigenvalue weighted by Gasteiger charge is 2.13. The van der Waals surface area contributed by atoms with Gasteiger partial charge < -0.3 is 15.7 Å². The quantitative estimate of drug-likeness (QED) is 0.216. The van der Waals surface area contributed by atoms with Crippen LogP contribution in [0, 0.1) is 0 Å². The van der Waals surface area contributed by atoms with Crippen molar-refractivity contribution in [1.29, 1.82) is 0 Å². The molecule has 1 aromatic heterocycles. The lowest BCUT2D eigenvalue weighted by Gasteiger charge is -2.20. The molecule has 0 saturated carbocycles. The summed E-state index contributed by atoms with van der Waals surface area (Å²) in [7, 11) is 0. The average molecular weight is 445 g/mol. The van der Waals surface area contributed by atoms with Gasteiger partial charge in [-0.2, -0.15) is 0 Å². The number of fused-ring (bicyclic) bond motifs is 1. The van der Waals surface area contributed by atoms with Gasteiger partial charge in [0.1, 0.15) is 0 Å². The maximum atomic E-state index is 11.9. The minimum atomic E-state index is -0.455. The number of nitrogens with zero attached hydrogens (tertiary/aromatic N) is 1. The molecule has 0 spiro atoms. The number of hydrogen-bond acceptors (Lipinski definition) is 2. The SMILES string of the molecule is CCCCCCCCCCCCCCCCCCN(C(N)=O)c1ccc2[nH]c(=O)[nH]c2c1. The van der Waals surface area contributed by atoms with E-state index in [9.17, 15) is 9.59 Å². The van der Waals surface area contributed by atoms with E-state index in [0.717, 1.165) is 24.0 Å². The lowest BCUT2D eigenvalue weighted by molar-refractivity contribution is 0.253. The molecule has 2 amide bonds. The summed E-state index contributed by atoms with van der Waals surface area (Å²) in [5.74, 6) is 0. The molecule has 6 nitrogen and oxygen atoms in total. The maximum Gasteiger partial charge on any atom is 0.323 e. The van der Waals surface area contributed by atoms with Crippen LogP contribution in [0.2, 0.25) is 0 Å². The Morgan fingerprint density at radius 2 is 1.22 bits per heavy atom. The van der Waals surface area contributed by atoms with Gasteiger partial charge in [-0.25, -0.2) is 9.59 Å². The van der Waals surface area contributed by atoms with E-state index in [1.165, 1.54) is 89.9 Å². The van der Waals surface area contributed by atoms with Gasteiger partial charge in [-0.1, -0.05) is 103 Å². The zero-order valence-corrected chi connectivity index (χ0v) is 20.1. The molecule has 2 aromatic rings. The minimum Gasteiger partial charge on any atom is -0.351 e. The van der Waals surface area contributed by atoms with Crippen LogP contribution >= 0.6 is 0 Å². The summed E-state index contributed by atoms with van der Waals surface area (Å²) in [5.41, 5.74) is 7.48. The third-order valence-corrected chi connectivity index (χ3v) is 6.31. The van der Waals surface area contributed by atoms with Crippen molar-refractivity contribution in [3.8, 4) is 0 Å². The summed E-state index contributed by atoms with van der Waals surface area (Å²) in [6.45, 7) is 2.88. The number of imidazole rings is 1. The summed E-state index contributed by atoms with van der Waals surface area (Å²) in [5, 5.41) is 0. The van der Waals surface area contributed by atoms with E-state index in [2.05, 4.69) is 16.9 Å². The van der Waals surface area contributed by atoms with Crippen LogP contribution in [-0.4, -0.2) is 22.5 Å². The first-order valence-electron chi connectivity index (χ1n) is 12.9. The number of aromatic amines is 2. The number of nitrogens with one attached hydrogen (secondary N) is 2. The fraction of sp³-hybridized carbons (Fsp3) is 0.692. The Bertz CT molecular complexity index is 827. The lowest BCUT2D eigenvalue weighted by atomic mass is 10.0. The van der Waals surface area contributed by atoms with Crippen molar-refractivity contribution in [3.05, 3.63) is 28.7 Å². The molecule has 1 heterocycles. The van der Waals surface area contributed by atoms with E-state index in [4.69, 9.17) is 5.73 Å². The lowest BCUT2D eigenvalue weighted by Crippen LogP contribution is -2.36. The summed E-state index contributed by atoms with van der Waals surface area (Å²) in [6, 6.07) is 4.96. The molecule has 0 saturated heterocycles. The number of urea groups is 1. The van der Waals surface area contributed by atoms with Crippen molar-refractivity contribution in [2.45, 2.75) is 110 Å². The highest BCUT2D eigenvalue weighted by atomic mass is 16.2. The molecule has 0 radical (unpaired) electrons. The molecule has 0 atom stereocenters. The van der Waals surface area contributed by atoms with E-state index in [1.54, 1.807) is 17.0 Å². The number of anilines is 1. The molecular weight excluding hydrogens is 400 g/mol. The fourth-order valence-electron chi connectivity index (χ4n) is 4.37. The van der Waals surface area contributed by atoms with E-state index in [-0.39, 0.29) is 5.69 Å². The Balaban J connectivity index is 1.49. The number of amides is 2. The second-order valence-corrected chi connectivity index (χ2v) is 9.10. The van der Waals surface area contributed by atoms with Crippen LogP contribution in [0.25, 0.3) is 11.0 Å². The number of H-pyrrole nitrogens is 2. The molecule has 0 aliphatic heterocycles. The number of carbonyl (C=O) groups excluding carboxylic acids is 1. The highest BCUT2D eigenvalue weighted by molar-refractivity contribution is 5.93. The molecule has 0 aliphatic carbocycles. The van der Waals surface area contributed by atoms with Crippen molar-refractivity contribution in [2.75, 3.05) is 11.4 Å². The van der Waals surface area contributed by atoms with Gasteiger partial charge >= 0.3 is 11.7 Å². The highest BCUT2D eigenvalue weighted by Crippen LogP contribution is 2.20. The number of hydrogen-bond donors (Lipinski definition) is 3. The summed E-state index contributed by atoms with van der Waals surface area (Å²) in [6.07, 6.45) is 21.2. The maximum absolute atomic E-state index is 11.9. The standard InChI is InChI=1S/C26H44N4O2/c1-2-3-4-5-6-7-8-9-10-11-12-13-14-15-16-17-20-30(25(27)31)22-18-19-23-24(21-22)29-26(32)28-23/h18-19,21H,2-17,20H2,1H3,(H2,27,31)(H2,28,29,32). The first kappa shape index (κ1) is 26.0. The van der Waals surface area contributed by atoms with Gasteiger partial charge in [0.15, 0.2) is 0 Å². The number of aromatic nitrogens is 2. The third kappa shape index (κ3) is 9.92. The molecule has 0 aliphatic rings. The number of benzene rings is 1. The largest absolute Gasteiger partial charge is 0.351 e. The summed E-state index contributed by atoms with van der Waals surface area (Å²) >= 11 is 0. The van der Waals surface area contributed by atoms with Gasteiger partial charge in [-0.05, 0) is 24.6 Å². The monoisotopic (exact) mass is 444 g/mol. The number of rotatable bonds is 18. The minimum absolute atomic E-state index is 0.249. The average Bonchev–Trinajstić information content (AvgIpc) is 3.15. The molecule has 1 aromatic carbocycles. The Morgan fingerprint density at radius 3 is 1.72 bits per heavy atom. The number of primary amides is 1. The molecule has 32 heavy (non-hydrogen) atoms. The van der Waals surface area contributed by atoms with Crippen LogP contribution in [0.15, 0.2) is 23.0 Å². The predicted molar refractivity (Wildman–Crippen MR) is 135 cm³/mol. The molecular formula is C26H44N4O2. The van der Waals surface area contributed by atoms with Crippen LogP contribution in [0.5, 0.6) is 0 Å². The van der Waals surface area contributed by atoms with Gasteiger partial charge in [-0.15, -0.1) is 0 Å². The van der Waals surface area contributed by atoms with Crippen LogP contribution in [0.4, 0.5) is 10.5 Å². The molecule has 180 valence electrons. The second kappa shape index (κ2) is 15.5. The van der Waals surface area contributed by atoms with Crippen molar-refractivity contribution in [3.63, 3.8) is 0 Å². The van der Waals surface area contributed by atoms with Gasteiger partial charge in [0.25, 0.3) is 0 Å². The van der Waals surface area contributed by atoms with E-state index >= 15 is 0 Å². The zero-order valence-electron chi connectivity index (χ0n) is 20.1. The Hall–Kier alpha value is -2.24. The van der Waals surface area contributed by atoms with Gasteiger partial charge in [0.2, 0.25) is 0 Å². The van der Waals surface area contributed by atoms with Crippen molar-refractivity contribution in [1.82, 2.24) is 9.97 Å². The summed E-state index contributed by atoms with van der Waals surface area (Å²) in [4.78, 5) is 30.4. The third-order valence-electron chi connectivity index (χ3n) is 6.31. The number of carbonyl (C=O) groups is 1.